The molecule has 0 radical (unpaired) electrons. The zero-order chi connectivity index (χ0) is 15.8. The number of phenols is 1. The van der Waals surface area contributed by atoms with Gasteiger partial charge in [0.15, 0.2) is 5.11 Å². The highest BCUT2D eigenvalue weighted by atomic mass is 32.1. The van der Waals surface area contributed by atoms with Gasteiger partial charge in [-0.25, -0.2) is 0 Å². The van der Waals surface area contributed by atoms with Crippen LogP contribution in [0.25, 0.3) is 0 Å². The van der Waals surface area contributed by atoms with Crippen molar-refractivity contribution >= 4 is 23.0 Å². The zero-order valence-electron chi connectivity index (χ0n) is 12.5. The number of benzene rings is 2. The lowest BCUT2D eigenvalue weighted by Gasteiger charge is -2.11. The quantitative estimate of drug-likeness (QED) is 0.714. The third-order valence-electron chi connectivity index (χ3n) is 3.06. The largest absolute Gasteiger partial charge is 0.508 e. The van der Waals surface area contributed by atoms with Crippen LogP contribution in [0.2, 0.25) is 0 Å². The average Bonchev–Trinajstić information content (AvgIpc) is 2.51. The Morgan fingerprint density at radius 2 is 1.77 bits per heavy atom. The lowest BCUT2D eigenvalue weighted by molar-refractivity contribution is 0.340. The number of aromatic hydroxyl groups is 1. The topological polar surface area (TPSA) is 53.5 Å². The van der Waals surface area contributed by atoms with Gasteiger partial charge in [0.1, 0.15) is 11.5 Å². The average molecular weight is 316 g/mol. The van der Waals surface area contributed by atoms with Crippen LogP contribution >= 0.6 is 12.2 Å². The SMILES string of the molecule is CCOc1ccc(NC(=S)NCCc2ccc(O)cc2)cc1. The van der Waals surface area contributed by atoms with Gasteiger partial charge in [0.05, 0.1) is 6.61 Å². The molecule has 0 aliphatic carbocycles. The van der Waals surface area contributed by atoms with E-state index in [1.165, 1.54) is 0 Å². The number of anilines is 1. The van der Waals surface area contributed by atoms with Gasteiger partial charge in [-0.1, -0.05) is 12.1 Å². The van der Waals surface area contributed by atoms with Crippen LogP contribution in [-0.2, 0) is 6.42 Å². The standard InChI is InChI=1S/C17H20N2O2S/c1-2-21-16-9-5-14(6-10-16)19-17(22)18-12-11-13-3-7-15(20)8-4-13/h3-10,20H,2,11-12H2,1H3,(H2,18,19,22). The Balaban J connectivity index is 1.74. The van der Waals surface area contributed by atoms with Crippen LogP contribution < -0.4 is 15.4 Å². The molecule has 0 aromatic heterocycles. The van der Waals surface area contributed by atoms with Crippen LogP contribution in [0.15, 0.2) is 48.5 Å². The van der Waals surface area contributed by atoms with Gasteiger partial charge in [0.25, 0.3) is 0 Å². The minimum Gasteiger partial charge on any atom is -0.508 e. The Hall–Kier alpha value is -2.27. The first-order valence-electron chi connectivity index (χ1n) is 7.23. The van der Waals surface area contributed by atoms with E-state index < -0.39 is 0 Å². The summed E-state index contributed by atoms with van der Waals surface area (Å²) in [4.78, 5) is 0. The smallest absolute Gasteiger partial charge is 0.170 e. The van der Waals surface area contributed by atoms with Crippen LogP contribution in [0, 0.1) is 0 Å². The minimum atomic E-state index is 0.282. The molecule has 3 N–H and O–H groups in total. The van der Waals surface area contributed by atoms with Crippen molar-refractivity contribution in [3.63, 3.8) is 0 Å². The van der Waals surface area contributed by atoms with E-state index in [-0.39, 0.29) is 5.75 Å². The molecule has 2 rings (SSSR count). The van der Waals surface area contributed by atoms with E-state index >= 15 is 0 Å². The fraction of sp³-hybridized carbons (Fsp3) is 0.235. The predicted molar refractivity (Wildman–Crippen MR) is 93.6 cm³/mol. The van der Waals surface area contributed by atoms with Crippen molar-refractivity contribution in [2.75, 3.05) is 18.5 Å². The molecule has 0 spiro atoms. The van der Waals surface area contributed by atoms with Crippen LogP contribution in [0.1, 0.15) is 12.5 Å². The lowest BCUT2D eigenvalue weighted by atomic mass is 10.1. The highest BCUT2D eigenvalue weighted by Crippen LogP contribution is 2.15. The molecule has 0 aliphatic rings. The molecule has 2 aromatic rings. The molecule has 0 saturated carbocycles. The van der Waals surface area contributed by atoms with Crippen LogP contribution in [-0.4, -0.2) is 23.4 Å². The Kier molecular flexibility index (Phi) is 6.03. The Morgan fingerprint density at radius 3 is 2.41 bits per heavy atom. The monoisotopic (exact) mass is 316 g/mol. The van der Waals surface area contributed by atoms with Gasteiger partial charge >= 0.3 is 0 Å². The van der Waals surface area contributed by atoms with Crippen LogP contribution in [0.5, 0.6) is 11.5 Å². The lowest BCUT2D eigenvalue weighted by Crippen LogP contribution is -2.30. The highest BCUT2D eigenvalue weighted by Gasteiger charge is 1.99. The summed E-state index contributed by atoms with van der Waals surface area (Å²) in [6.45, 7) is 3.34. The molecule has 0 unspecified atom stereocenters. The van der Waals surface area contributed by atoms with Gasteiger partial charge in [-0.05, 0) is 67.5 Å². The van der Waals surface area contributed by atoms with E-state index in [4.69, 9.17) is 17.0 Å². The summed E-state index contributed by atoms with van der Waals surface area (Å²) in [6, 6.07) is 14.9. The van der Waals surface area contributed by atoms with Crippen LogP contribution in [0.3, 0.4) is 0 Å². The number of phenolic OH excluding ortho intramolecular Hbond substituents is 1. The minimum absolute atomic E-state index is 0.282. The molecular weight excluding hydrogens is 296 g/mol. The summed E-state index contributed by atoms with van der Waals surface area (Å²) in [5, 5.41) is 16.1. The first-order valence-corrected chi connectivity index (χ1v) is 7.64. The molecule has 5 heteroatoms. The summed E-state index contributed by atoms with van der Waals surface area (Å²) < 4.78 is 5.39. The van der Waals surface area contributed by atoms with Crippen molar-refractivity contribution in [1.29, 1.82) is 0 Å². The van der Waals surface area contributed by atoms with Gasteiger partial charge in [0, 0.05) is 12.2 Å². The second-order valence-corrected chi connectivity index (χ2v) is 5.16. The van der Waals surface area contributed by atoms with Crippen molar-refractivity contribution in [3.05, 3.63) is 54.1 Å². The number of rotatable bonds is 6. The van der Waals surface area contributed by atoms with E-state index in [1.54, 1.807) is 12.1 Å². The third-order valence-corrected chi connectivity index (χ3v) is 3.31. The van der Waals surface area contributed by atoms with Crippen molar-refractivity contribution in [2.45, 2.75) is 13.3 Å². The fourth-order valence-corrected chi connectivity index (χ4v) is 2.18. The predicted octanol–water partition coefficient (Wildman–Crippen LogP) is 3.32. The summed E-state index contributed by atoms with van der Waals surface area (Å²) in [6.07, 6.45) is 0.839. The second kappa shape index (κ2) is 8.24. The molecule has 116 valence electrons. The second-order valence-electron chi connectivity index (χ2n) is 4.75. The fourth-order valence-electron chi connectivity index (χ4n) is 1.96. The molecule has 0 saturated heterocycles. The molecule has 22 heavy (non-hydrogen) atoms. The van der Waals surface area contributed by atoms with Gasteiger partial charge in [-0.15, -0.1) is 0 Å². The first kappa shape index (κ1) is 16.1. The maximum absolute atomic E-state index is 9.23. The number of thiocarbonyl (C=S) groups is 1. The molecule has 0 atom stereocenters. The van der Waals surface area contributed by atoms with Gasteiger partial charge < -0.3 is 20.5 Å². The van der Waals surface area contributed by atoms with E-state index in [9.17, 15) is 5.11 Å². The summed E-state index contributed by atoms with van der Waals surface area (Å²) >= 11 is 5.26. The van der Waals surface area contributed by atoms with E-state index in [2.05, 4.69) is 10.6 Å². The highest BCUT2D eigenvalue weighted by molar-refractivity contribution is 7.80. The maximum Gasteiger partial charge on any atom is 0.170 e. The maximum atomic E-state index is 9.23. The summed E-state index contributed by atoms with van der Waals surface area (Å²) in [5.41, 5.74) is 2.07. The normalized spacial score (nSPS) is 10.0. The molecule has 0 amide bonds. The molecule has 0 heterocycles. The Bertz CT molecular complexity index is 597. The van der Waals surface area contributed by atoms with Crippen molar-refractivity contribution in [3.8, 4) is 11.5 Å². The molecule has 2 aromatic carbocycles. The molecule has 0 fully saturated rings. The number of hydrogen-bond acceptors (Lipinski definition) is 3. The number of hydrogen-bond donors (Lipinski definition) is 3. The summed E-state index contributed by atoms with van der Waals surface area (Å²) in [7, 11) is 0. The first-order chi connectivity index (χ1) is 10.7. The van der Waals surface area contributed by atoms with Crippen molar-refractivity contribution in [1.82, 2.24) is 5.32 Å². The molecule has 0 bridgehead atoms. The van der Waals surface area contributed by atoms with Gasteiger partial charge in [-0.2, -0.15) is 0 Å². The van der Waals surface area contributed by atoms with E-state index in [0.717, 1.165) is 30.0 Å². The Morgan fingerprint density at radius 1 is 1.09 bits per heavy atom. The molecular formula is C17H20N2O2S. The molecule has 0 aliphatic heterocycles. The van der Waals surface area contributed by atoms with Gasteiger partial charge in [-0.3, -0.25) is 0 Å². The number of nitrogens with one attached hydrogen (secondary N) is 2. The Labute approximate surface area is 136 Å². The van der Waals surface area contributed by atoms with E-state index in [0.29, 0.717) is 11.7 Å². The van der Waals surface area contributed by atoms with Crippen molar-refractivity contribution in [2.24, 2.45) is 0 Å². The summed E-state index contributed by atoms with van der Waals surface area (Å²) in [5.74, 6) is 1.13. The van der Waals surface area contributed by atoms with Crippen LogP contribution in [0.4, 0.5) is 5.69 Å². The number of ether oxygens (including phenoxy) is 1. The third kappa shape index (κ3) is 5.26. The van der Waals surface area contributed by atoms with Crippen molar-refractivity contribution < 1.29 is 9.84 Å². The zero-order valence-corrected chi connectivity index (χ0v) is 13.3. The molecule has 4 nitrogen and oxygen atoms in total. The van der Waals surface area contributed by atoms with Gasteiger partial charge in [0.2, 0.25) is 0 Å². The van der Waals surface area contributed by atoms with E-state index in [1.807, 2.05) is 43.3 Å².